The van der Waals surface area contributed by atoms with Crippen molar-refractivity contribution in [3.05, 3.63) is 90.7 Å². The van der Waals surface area contributed by atoms with Crippen LogP contribution in [0.15, 0.2) is 79.5 Å². The number of urea groups is 1. The molecule has 2 aliphatic rings. The zero-order chi connectivity index (χ0) is 40.0. The first-order valence-electron chi connectivity index (χ1n) is 18.0. The highest BCUT2D eigenvalue weighted by Crippen LogP contribution is 2.28. The van der Waals surface area contributed by atoms with Crippen molar-refractivity contribution in [3.8, 4) is 23.0 Å². The third-order valence-corrected chi connectivity index (χ3v) is 9.62. The smallest absolute Gasteiger partial charge is 0.408 e. The molecule has 0 unspecified atom stereocenters. The molecule has 2 aliphatic heterocycles. The van der Waals surface area contributed by atoms with E-state index in [1.807, 2.05) is 30.3 Å². The Morgan fingerprint density at radius 2 is 1.78 bits per heavy atom. The predicted molar refractivity (Wildman–Crippen MR) is 208 cm³/mol. The van der Waals surface area contributed by atoms with Crippen molar-refractivity contribution in [2.45, 2.75) is 78.0 Å². The number of benzene rings is 2. The number of aromatic nitrogens is 2. The van der Waals surface area contributed by atoms with Crippen LogP contribution in [0.4, 0.5) is 9.59 Å². The summed E-state index contributed by atoms with van der Waals surface area (Å²) in [5, 5.41) is 10.6. The first-order valence-corrected chi connectivity index (χ1v) is 19.7. The topological polar surface area (TPSA) is 207 Å². The molecule has 1 aromatic heterocycles. The van der Waals surface area contributed by atoms with Crippen LogP contribution >= 0.6 is 0 Å². The van der Waals surface area contributed by atoms with Crippen LogP contribution in [0, 0.1) is 5.41 Å². The molecule has 2 bridgehead atoms. The molecule has 3 aromatic rings. The zero-order valence-corrected chi connectivity index (χ0v) is 32.3. The largest absolute Gasteiger partial charge is 0.449 e. The Morgan fingerprint density at radius 3 is 2.45 bits per heavy atom. The summed E-state index contributed by atoms with van der Waals surface area (Å²) in [7, 11) is -3.99. The fourth-order valence-electron chi connectivity index (χ4n) is 5.31. The van der Waals surface area contributed by atoms with E-state index in [1.165, 1.54) is 0 Å². The standard InChI is InChI=1S/C39H49N7O8S/c1-6-8-14-24-55(51,52)46-33(47)30(15-7-2)41-34(48)31-26-19-21-29(22-20-26)54-35-28(25-40-32(43-35)27-16-10-9-11-17-27)18-12-13-23-53-38(50)45-36(39(3,4)5)44-37(49)42-31/h6,9-12,16-22,25,30-31,36H,1,7-8,13-15,23-24H2,2-5H3,(H,41,48)(H,45,50)(H,46,47)(H2,42,44,49)/b18-12+/t30-,31-,36-/m1/s1. The number of nitrogens with zero attached hydrogens (tertiary/aromatic N) is 2. The molecule has 294 valence electrons. The van der Waals surface area contributed by atoms with Crippen LogP contribution in [-0.2, 0) is 24.3 Å². The maximum Gasteiger partial charge on any atom is 0.408 e. The number of ether oxygens (including phenoxy) is 2. The second-order valence-corrected chi connectivity index (χ2v) is 15.7. The summed E-state index contributed by atoms with van der Waals surface area (Å²) in [4.78, 5) is 62.7. The quantitative estimate of drug-likeness (QED) is 0.122. The van der Waals surface area contributed by atoms with E-state index in [4.69, 9.17) is 9.47 Å². The second-order valence-electron chi connectivity index (χ2n) is 13.9. The summed E-state index contributed by atoms with van der Waals surface area (Å²) in [5.74, 6) is -0.970. The van der Waals surface area contributed by atoms with Crippen molar-refractivity contribution < 1.29 is 37.1 Å². The number of alkyl carbamates (subject to hydrolysis) is 1. The molecule has 0 spiro atoms. The van der Waals surface area contributed by atoms with E-state index in [0.29, 0.717) is 42.0 Å². The van der Waals surface area contributed by atoms with Crippen LogP contribution in [0.3, 0.4) is 0 Å². The molecule has 5 amide bonds. The van der Waals surface area contributed by atoms with Gasteiger partial charge in [-0.2, -0.15) is 4.98 Å². The summed E-state index contributed by atoms with van der Waals surface area (Å²) in [6, 6.07) is 12.2. The number of fused-ring (bicyclic) bond motifs is 12. The number of carbonyl (C=O) groups excluding carboxylic acids is 4. The van der Waals surface area contributed by atoms with Gasteiger partial charge in [0.15, 0.2) is 5.82 Å². The molecule has 3 heterocycles. The van der Waals surface area contributed by atoms with Crippen LogP contribution in [-0.4, -0.2) is 66.9 Å². The normalized spacial score (nSPS) is 17.8. The Bertz CT molecular complexity index is 1950. The molecule has 3 atom stereocenters. The lowest BCUT2D eigenvalue weighted by atomic mass is 9.92. The minimum Gasteiger partial charge on any atom is -0.449 e. The molecule has 0 aliphatic carbocycles. The molecule has 5 N–H and O–H groups in total. The SMILES string of the molecule is C=CCCCS(=O)(=O)NC(=O)[C@@H](CCC)NC(=O)[C@@H]1NC(=O)N[C@@H](C(C)(C)C)NC(=O)OCC/C=C/c2cnc(-c3ccccc3)nc2Oc2ccc1cc2. The maximum atomic E-state index is 14.0. The third kappa shape index (κ3) is 12.9. The average Bonchev–Trinajstić information content (AvgIpc) is 3.13. The van der Waals surface area contributed by atoms with Gasteiger partial charge >= 0.3 is 12.1 Å². The summed E-state index contributed by atoms with van der Waals surface area (Å²) in [5.41, 5.74) is 0.930. The van der Waals surface area contributed by atoms with Crippen molar-refractivity contribution in [2.24, 2.45) is 5.41 Å². The summed E-state index contributed by atoms with van der Waals surface area (Å²) in [6.45, 7) is 10.8. The molecule has 5 rings (SSSR count). The minimum atomic E-state index is -3.99. The molecular weight excluding hydrogens is 727 g/mol. The Balaban J connectivity index is 1.69. The van der Waals surface area contributed by atoms with Crippen molar-refractivity contribution in [1.29, 1.82) is 0 Å². The lowest BCUT2D eigenvalue weighted by molar-refractivity contribution is -0.129. The first kappa shape index (κ1) is 42.0. The molecule has 2 aromatic carbocycles. The number of nitrogens with one attached hydrogen (secondary N) is 5. The molecular formula is C39H49N7O8S. The zero-order valence-electron chi connectivity index (χ0n) is 31.5. The number of hydrogen-bond acceptors (Lipinski definition) is 10. The number of carbonyl (C=O) groups is 4. The van der Waals surface area contributed by atoms with Crippen LogP contribution in [0.5, 0.6) is 11.6 Å². The van der Waals surface area contributed by atoms with E-state index in [1.54, 1.807) is 76.4 Å². The van der Waals surface area contributed by atoms with E-state index in [0.717, 1.165) is 5.56 Å². The second kappa shape index (κ2) is 19.5. The van der Waals surface area contributed by atoms with Crippen molar-refractivity contribution in [2.75, 3.05) is 12.4 Å². The van der Waals surface area contributed by atoms with E-state index in [-0.39, 0.29) is 31.1 Å². The maximum absolute atomic E-state index is 14.0. The predicted octanol–water partition coefficient (Wildman–Crippen LogP) is 5.49. The fourth-order valence-corrected chi connectivity index (χ4v) is 6.40. The number of rotatable bonds is 11. The van der Waals surface area contributed by atoms with Gasteiger partial charge in [0.05, 0.1) is 17.9 Å². The summed E-state index contributed by atoms with van der Waals surface area (Å²) >= 11 is 0. The van der Waals surface area contributed by atoms with Gasteiger partial charge in [0.1, 0.15) is 24.0 Å². The van der Waals surface area contributed by atoms with Crippen LogP contribution < -0.4 is 30.7 Å². The van der Waals surface area contributed by atoms with Gasteiger partial charge in [-0.3, -0.25) is 14.3 Å². The highest BCUT2D eigenvalue weighted by molar-refractivity contribution is 7.90. The molecule has 16 heteroatoms. The molecule has 0 radical (unpaired) electrons. The lowest BCUT2D eigenvalue weighted by Gasteiger charge is -2.32. The van der Waals surface area contributed by atoms with Gasteiger partial charge in [-0.05, 0) is 43.4 Å². The first-order chi connectivity index (χ1) is 26.2. The van der Waals surface area contributed by atoms with Crippen molar-refractivity contribution >= 4 is 40.0 Å². The van der Waals surface area contributed by atoms with Gasteiger partial charge in [0.25, 0.3) is 5.91 Å². The molecule has 15 nitrogen and oxygen atoms in total. The minimum absolute atomic E-state index is 0.0244. The lowest BCUT2D eigenvalue weighted by Crippen LogP contribution is -2.58. The van der Waals surface area contributed by atoms with Crippen molar-refractivity contribution in [3.63, 3.8) is 0 Å². The van der Waals surface area contributed by atoms with E-state index >= 15 is 0 Å². The van der Waals surface area contributed by atoms with Crippen LogP contribution in [0.25, 0.3) is 17.5 Å². The number of hydrogen-bond donors (Lipinski definition) is 5. The number of amides is 5. The highest BCUT2D eigenvalue weighted by Gasteiger charge is 2.32. The molecule has 0 fully saturated rings. The number of sulfonamides is 1. The van der Waals surface area contributed by atoms with Crippen LogP contribution in [0.1, 0.15) is 77.0 Å². The van der Waals surface area contributed by atoms with Gasteiger partial charge < -0.3 is 30.7 Å². The third-order valence-electron chi connectivity index (χ3n) is 8.28. The fraction of sp³-hybridized carbons (Fsp3) is 0.385. The average molecular weight is 776 g/mol. The van der Waals surface area contributed by atoms with Gasteiger partial charge in [0.2, 0.25) is 21.8 Å². The van der Waals surface area contributed by atoms with E-state index < -0.39 is 57.6 Å². The van der Waals surface area contributed by atoms with Gasteiger partial charge in [0, 0.05) is 17.2 Å². The molecule has 55 heavy (non-hydrogen) atoms. The van der Waals surface area contributed by atoms with Gasteiger partial charge in [-0.1, -0.05) is 94.8 Å². The molecule has 0 saturated heterocycles. The Labute approximate surface area is 321 Å². The number of allylic oxidation sites excluding steroid dienone is 1. The highest BCUT2D eigenvalue weighted by atomic mass is 32.2. The Kier molecular flexibility index (Phi) is 14.9. The van der Waals surface area contributed by atoms with Gasteiger partial charge in [-0.25, -0.2) is 23.0 Å². The van der Waals surface area contributed by atoms with E-state index in [9.17, 15) is 27.6 Å². The summed E-state index contributed by atoms with van der Waals surface area (Å²) in [6.07, 6.45) is 6.65. The Morgan fingerprint density at radius 1 is 1.05 bits per heavy atom. The van der Waals surface area contributed by atoms with E-state index in [2.05, 4.69) is 42.5 Å². The monoisotopic (exact) mass is 775 g/mol. The summed E-state index contributed by atoms with van der Waals surface area (Å²) < 4.78 is 38.9. The van der Waals surface area contributed by atoms with Crippen molar-refractivity contribution in [1.82, 2.24) is 36.0 Å². The van der Waals surface area contributed by atoms with Gasteiger partial charge in [-0.15, -0.1) is 6.58 Å². The van der Waals surface area contributed by atoms with Crippen LogP contribution in [0.2, 0.25) is 0 Å². The Hall–Kier alpha value is -5.77. The molecule has 0 saturated carbocycles. The number of unbranched alkanes of at least 4 members (excludes halogenated alkanes) is 1.